The standard InChI is InChI=1S/C51H43N.C7H10.H4N2/c1-4-14-35-18-13-24-44-43-22-10-11-23-45(43)50-47-32-38(27-26-37(47)31-34(3)48(50)49(35)44)40-29-30-46(42-21-9-8-20-41(40)42)51(36-16-6-5-7-17-36)52-39-19-12-15-33(2)25-28-39;1-3-5-7-6-4-2;1-2/h5-13,15-33,51-52H,4,14H2,1-3H3;3-7H,1H2,2H3;1-2H2/b;6-4-,7-5-;. The number of hydrazine groups is 1. The second-order valence-corrected chi connectivity index (χ2v) is 15.6. The van der Waals surface area contributed by atoms with Crippen molar-refractivity contribution in [1.29, 1.82) is 0 Å². The van der Waals surface area contributed by atoms with Crippen LogP contribution in [0.3, 0.4) is 0 Å². The summed E-state index contributed by atoms with van der Waals surface area (Å²) in [5, 5.41) is 17.2. The Hall–Kier alpha value is -6.78. The molecule has 0 radical (unpaired) electrons. The minimum absolute atomic E-state index is 0.0154. The van der Waals surface area contributed by atoms with Crippen LogP contribution in [0.15, 0.2) is 206 Å². The minimum atomic E-state index is -0.0154. The molecule has 3 nitrogen and oxygen atoms in total. The van der Waals surface area contributed by atoms with Gasteiger partial charge < -0.3 is 5.32 Å². The molecule has 0 fully saturated rings. The van der Waals surface area contributed by atoms with E-state index in [4.69, 9.17) is 0 Å². The third-order valence-corrected chi connectivity index (χ3v) is 11.6. The third-order valence-electron chi connectivity index (χ3n) is 11.6. The molecule has 0 heterocycles. The van der Waals surface area contributed by atoms with E-state index in [1.165, 1.54) is 87.2 Å². The zero-order chi connectivity index (χ0) is 42.7. The number of hydrogen-bond acceptors (Lipinski definition) is 3. The molecule has 9 rings (SSSR count). The van der Waals surface area contributed by atoms with Gasteiger partial charge in [-0.1, -0.05) is 203 Å². The van der Waals surface area contributed by atoms with Crippen molar-refractivity contribution in [2.75, 3.05) is 0 Å². The van der Waals surface area contributed by atoms with Crippen LogP contribution in [-0.2, 0) is 6.42 Å². The number of allylic oxidation sites excluding steroid dienone is 10. The fraction of sp³-hybridized carbons (Fsp3) is 0.138. The van der Waals surface area contributed by atoms with E-state index in [0.29, 0.717) is 5.92 Å². The summed E-state index contributed by atoms with van der Waals surface area (Å²) in [5.41, 5.74) is 8.90. The first-order valence-electron chi connectivity index (χ1n) is 21.4. The molecule has 1 aliphatic carbocycles. The third kappa shape index (κ3) is 8.90. The van der Waals surface area contributed by atoms with Crippen LogP contribution < -0.4 is 17.0 Å². The lowest BCUT2D eigenvalue weighted by molar-refractivity contribution is 0.710. The van der Waals surface area contributed by atoms with Gasteiger partial charge in [0, 0.05) is 5.70 Å². The number of nitrogens with two attached hydrogens (primary N) is 2. The van der Waals surface area contributed by atoms with Crippen molar-refractivity contribution >= 4 is 53.9 Å². The van der Waals surface area contributed by atoms with Crippen LogP contribution in [0.4, 0.5) is 0 Å². The fourth-order valence-corrected chi connectivity index (χ4v) is 8.88. The summed E-state index contributed by atoms with van der Waals surface area (Å²) in [6.07, 6.45) is 22.8. The quantitative estimate of drug-likeness (QED) is 0.0590. The van der Waals surface area contributed by atoms with Gasteiger partial charge in [0.25, 0.3) is 0 Å². The molecule has 0 amide bonds. The van der Waals surface area contributed by atoms with Crippen LogP contribution in [0, 0.1) is 12.8 Å². The highest BCUT2D eigenvalue weighted by Gasteiger charge is 2.21. The second-order valence-electron chi connectivity index (χ2n) is 15.6. The predicted molar refractivity (Wildman–Crippen MR) is 268 cm³/mol. The Bertz CT molecular complexity index is 2980. The fourth-order valence-electron chi connectivity index (χ4n) is 8.88. The molecule has 0 aliphatic heterocycles. The van der Waals surface area contributed by atoms with E-state index in [1.807, 2.05) is 31.2 Å². The maximum Gasteiger partial charge on any atom is 0.0773 e. The number of aryl methyl sites for hydroxylation is 2. The van der Waals surface area contributed by atoms with Gasteiger partial charge >= 0.3 is 0 Å². The van der Waals surface area contributed by atoms with Crippen molar-refractivity contribution in [2.45, 2.75) is 46.6 Å². The number of hydrogen-bond donors (Lipinski definition) is 3. The lowest BCUT2D eigenvalue weighted by atomic mass is 9.85. The lowest BCUT2D eigenvalue weighted by Crippen LogP contribution is -2.21. The number of fused-ring (bicyclic) bond motifs is 9. The summed E-state index contributed by atoms with van der Waals surface area (Å²) in [5.74, 6) is 8.41. The zero-order valence-electron chi connectivity index (χ0n) is 35.9. The molecule has 0 saturated heterocycles. The molecule has 2 atom stereocenters. The van der Waals surface area contributed by atoms with Crippen LogP contribution in [0.25, 0.3) is 65.0 Å². The normalized spacial score (nSPS) is 14.2. The largest absolute Gasteiger partial charge is 0.374 e. The van der Waals surface area contributed by atoms with E-state index >= 15 is 0 Å². The lowest BCUT2D eigenvalue weighted by Gasteiger charge is -2.24. The summed E-state index contributed by atoms with van der Waals surface area (Å²) in [7, 11) is 0. The highest BCUT2D eigenvalue weighted by atomic mass is 15.0. The first-order chi connectivity index (χ1) is 30.0. The van der Waals surface area contributed by atoms with Crippen molar-refractivity contribution in [2.24, 2.45) is 17.6 Å². The minimum Gasteiger partial charge on any atom is -0.374 e. The highest BCUT2D eigenvalue weighted by molar-refractivity contribution is 6.33. The summed E-state index contributed by atoms with van der Waals surface area (Å²) in [6.45, 7) is 12.3. The van der Waals surface area contributed by atoms with Crippen LogP contribution in [-0.4, -0.2) is 0 Å². The summed E-state index contributed by atoms with van der Waals surface area (Å²) in [4.78, 5) is 0. The average molecular weight is 796 g/mol. The van der Waals surface area contributed by atoms with Gasteiger partial charge in [0.05, 0.1) is 6.04 Å². The molecule has 304 valence electrons. The van der Waals surface area contributed by atoms with Crippen molar-refractivity contribution in [3.63, 3.8) is 0 Å². The van der Waals surface area contributed by atoms with Crippen LogP contribution in [0.5, 0.6) is 0 Å². The van der Waals surface area contributed by atoms with Crippen molar-refractivity contribution in [1.82, 2.24) is 5.32 Å². The molecule has 2 unspecified atom stereocenters. The molecule has 8 aromatic rings. The maximum atomic E-state index is 4.00. The van der Waals surface area contributed by atoms with E-state index in [9.17, 15) is 0 Å². The first-order valence-corrected chi connectivity index (χ1v) is 21.4. The molecule has 0 saturated carbocycles. The Morgan fingerprint density at radius 1 is 0.672 bits per heavy atom. The predicted octanol–water partition coefficient (Wildman–Crippen LogP) is 14.8. The van der Waals surface area contributed by atoms with Gasteiger partial charge in [-0.05, 0) is 132 Å². The number of benzene rings is 8. The topological polar surface area (TPSA) is 64.1 Å². The molecule has 0 aromatic heterocycles. The molecule has 8 aromatic carbocycles. The molecule has 61 heavy (non-hydrogen) atoms. The monoisotopic (exact) mass is 795 g/mol. The summed E-state index contributed by atoms with van der Waals surface area (Å²) in [6, 6.07) is 49.9. The van der Waals surface area contributed by atoms with Crippen molar-refractivity contribution in [3.8, 4) is 11.1 Å². The van der Waals surface area contributed by atoms with Crippen LogP contribution in [0.1, 0.15) is 55.5 Å². The SMILES string of the molecule is C=C/C=C\C=C/C.CCCc1cccc2c3ccccc3c3c4cc(-c5ccc(C(NC6=CC=CC(C)C=C6)c6ccccc6)c6ccccc56)ccc4cc(C)c3c12.NN. The van der Waals surface area contributed by atoms with Gasteiger partial charge in [-0.25, -0.2) is 0 Å². The maximum absolute atomic E-state index is 4.00. The average Bonchev–Trinajstić information content (AvgIpc) is 3.52. The van der Waals surface area contributed by atoms with Gasteiger partial charge in [-0.2, -0.15) is 0 Å². The molecule has 0 spiro atoms. The second kappa shape index (κ2) is 20.0. The Morgan fingerprint density at radius 2 is 1.38 bits per heavy atom. The molecular formula is C58H57N3. The van der Waals surface area contributed by atoms with Gasteiger partial charge in [-0.3, -0.25) is 11.7 Å². The molecular weight excluding hydrogens is 739 g/mol. The highest BCUT2D eigenvalue weighted by Crippen LogP contribution is 2.44. The van der Waals surface area contributed by atoms with E-state index < -0.39 is 0 Å². The molecule has 0 bridgehead atoms. The Balaban J connectivity index is 0.000000569. The van der Waals surface area contributed by atoms with Crippen molar-refractivity contribution in [3.05, 3.63) is 229 Å². The Labute approximate surface area is 361 Å². The van der Waals surface area contributed by atoms with Crippen LogP contribution >= 0.6 is 0 Å². The van der Waals surface area contributed by atoms with Gasteiger partial charge in [0.1, 0.15) is 0 Å². The van der Waals surface area contributed by atoms with E-state index in [0.717, 1.165) is 18.5 Å². The molecule has 1 aliphatic rings. The summed E-state index contributed by atoms with van der Waals surface area (Å²) < 4.78 is 0. The van der Waals surface area contributed by atoms with E-state index in [2.05, 4.69) is 208 Å². The van der Waals surface area contributed by atoms with E-state index in [-0.39, 0.29) is 6.04 Å². The van der Waals surface area contributed by atoms with Gasteiger partial charge in [-0.15, -0.1) is 0 Å². The first kappa shape index (κ1) is 42.3. The van der Waals surface area contributed by atoms with Gasteiger partial charge in [0.15, 0.2) is 0 Å². The number of rotatable bonds is 9. The van der Waals surface area contributed by atoms with Gasteiger partial charge in [0.2, 0.25) is 0 Å². The van der Waals surface area contributed by atoms with E-state index in [1.54, 1.807) is 6.08 Å². The Morgan fingerprint density at radius 3 is 2.13 bits per heavy atom. The van der Waals surface area contributed by atoms with Crippen molar-refractivity contribution < 1.29 is 0 Å². The summed E-state index contributed by atoms with van der Waals surface area (Å²) >= 11 is 0. The molecule has 5 N–H and O–H groups in total. The zero-order valence-corrected chi connectivity index (χ0v) is 35.9. The molecule has 3 heteroatoms. The Kier molecular flexibility index (Phi) is 13.9. The smallest absolute Gasteiger partial charge is 0.0773 e. The number of nitrogens with one attached hydrogen (secondary N) is 1. The van der Waals surface area contributed by atoms with Crippen LogP contribution in [0.2, 0.25) is 0 Å².